The van der Waals surface area contributed by atoms with Gasteiger partial charge in [-0.3, -0.25) is 4.68 Å². The van der Waals surface area contributed by atoms with Gasteiger partial charge < -0.3 is 14.8 Å². The van der Waals surface area contributed by atoms with Crippen LogP contribution in [0.15, 0.2) is 24.4 Å². The zero-order chi connectivity index (χ0) is 15.2. The molecule has 0 unspecified atom stereocenters. The molecule has 0 atom stereocenters. The molecular formula is C16H23N3O2. The van der Waals surface area contributed by atoms with Gasteiger partial charge in [-0.2, -0.15) is 5.10 Å². The van der Waals surface area contributed by atoms with E-state index in [9.17, 15) is 0 Å². The minimum atomic E-state index is 0.569. The van der Waals surface area contributed by atoms with Crippen LogP contribution in [0.3, 0.4) is 0 Å². The number of hydrogen-bond acceptors (Lipinski definition) is 4. The molecule has 0 fully saturated rings. The quantitative estimate of drug-likeness (QED) is 0.851. The zero-order valence-electron chi connectivity index (χ0n) is 13.1. The van der Waals surface area contributed by atoms with Crippen LogP contribution in [0.5, 0.6) is 5.75 Å². The molecule has 0 radical (unpaired) electrons. The number of aryl methyl sites for hydroxylation is 1. The second-order valence-electron chi connectivity index (χ2n) is 4.90. The van der Waals surface area contributed by atoms with Crippen LogP contribution in [0.1, 0.15) is 23.7 Å². The van der Waals surface area contributed by atoms with E-state index in [4.69, 9.17) is 9.47 Å². The second-order valence-corrected chi connectivity index (χ2v) is 4.90. The van der Waals surface area contributed by atoms with Gasteiger partial charge in [-0.25, -0.2) is 0 Å². The summed E-state index contributed by atoms with van der Waals surface area (Å²) in [4.78, 5) is 0. The molecule has 2 aromatic rings. The van der Waals surface area contributed by atoms with Crippen molar-refractivity contribution in [3.63, 3.8) is 0 Å². The molecule has 0 saturated heterocycles. The van der Waals surface area contributed by atoms with Gasteiger partial charge in [0.15, 0.2) is 0 Å². The largest absolute Gasteiger partial charge is 0.496 e. The average molecular weight is 289 g/mol. The maximum absolute atomic E-state index is 5.49. The van der Waals surface area contributed by atoms with Crippen LogP contribution < -0.4 is 10.1 Å². The monoisotopic (exact) mass is 289 g/mol. The molecule has 0 aliphatic heterocycles. The third-order valence-electron chi connectivity index (χ3n) is 3.52. The summed E-state index contributed by atoms with van der Waals surface area (Å²) >= 11 is 0. The number of rotatable bonds is 7. The molecule has 2 rings (SSSR count). The molecule has 21 heavy (non-hydrogen) atoms. The van der Waals surface area contributed by atoms with Crippen molar-refractivity contribution < 1.29 is 9.47 Å². The van der Waals surface area contributed by atoms with E-state index >= 15 is 0 Å². The van der Waals surface area contributed by atoms with Gasteiger partial charge in [0.05, 0.1) is 31.3 Å². The van der Waals surface area contributed by atoms with E-state index in [0.717, 1.165) is 29.2 Å². The molecule has 1 heterocycles. The van der Waals surface area contributed by atoms with E-state index in [1.807, 2.05) is 37.8 Å². The van der Waals surface area contributed by atoms with Crippen molar-refractivity contribution in [3.8, 4) is 5.75 Å². The van der Waals surface area contributed by atoms with Gasteiger partial charge >= 0.3 is 0 Å². The van der Waals surface area contributed by atoms with Crippen LogP contribution in [-0.4, -0.2) is 23.5 Å². The van der Waals surface area contributed by atoms with Crippen LogP contribution in [-0.2, 0) is 24.9 Å². The van der Waals surface area contributed by atoms with Crippen molar-refractivity contribution >= 4 is 5.69 Å². The number of anilines is 1. The van der Waals surface area contributed by atoms with Crippen molar-refractivity contribution in [1.82, 2.24) is 9.78 Å². The summed E-state index contributed by atoms with van der Waals surface area (Å²) in [5.41, 5.74) is 4.44. The highest BCUT2D eigenvalue weighted by molar-refractivity contribution is 5.47. The minimum Gasteiger partial charge on any atom is -0.496 e. The average Bonchev–Trinajstić information content (AvgIpc) is 2.82. The third kappa shape index (κ3) is 3.76. The van der Waals surface area contributed by atoms with E-state index in [-0.39, 0.29) is 0 Å². The molecule has 0 spiro atoms. The Bertz CT molecular complexity index is 593. The molecule has 1 aromatic carbocycles. The predicted octanol–water partition coefficient (Wildman–Crippen LogP) is 2.89. The lowest BCUT2D eigenvalue weighted by Gasteiger charge is -2.12. The molecule has 0 saturated carbocycles. The van der Waals surface area contributed by atoms with Crippen LogP contribution in [0.4, 0.5) is 5.69 Å². The van der Waals surface area contributed by atoms with Gasteiger partial charge in [0, 0.05) is 25.8 Å². The Kier molecular flexibility index (Phi) is 5.22. The first kappa shape index (κ1) is 15.4. The maximum atomic E-state index is 5.49. The highest BCUT2D eigenvalue weighted by Gasteiger charge is 2.06. The normalized spacial score (nSPS) is 10.7. The lowest BCUT2D eigenvalue weighted by molar-refractivity contribution is 0.132. The first-order chi connectivity index (χ1) is 10.2. The fraction of sp³-hybridized carbons (Fsp3) is 0.438. The first-order valence-corrected chi connectivity index (χ1v) is 7.11. The number of ether oxygens (including phenoxy) is 2. The van der Waals surface area contributed by atoms with Gasteiger partial charge in [0.25, 0.3) is 0 Å². The SMILES string of the molecule is CCOCc1cc(CNc2cnn(C)c2C)ccc1OC. The Morgan fingerprint density at radius 3 is 2.76 bits per heavy atom. The molecule has 1 N–H and O–H groups in total. The van der Waals surface area contributed by atoms with Crippen LogP contribution >= 0.6 is 0 Å². The molecule has 0 aliphatic rings. The van der Waals surface area contributed by atoms with E-state index in [2.05, 4.69) is 22.5 Å². The summed E-state index contributed by atoms with van der Waals surface area (Å²) in [5.74, 6) is 0.866. The maximum Gasteiger partial charge on any atom is 0.124 e. The second kappa shape index (κ2) is 7.13. The Morgan fingerprint density at radius 2 is 2.14 bits per heavy atom. The van der Waals surface area contributed by atoms with Crippen LogP contribution in [0, 0.1) is 6.92 Å². The number of nitrogens with zero attached hydrogens (tertiary/aromatic N) is 2. The van der Waals surface area contributed by atoms with Gasteiger partial charge in [0.1, 0.15) is 5.75 Å². The van der Waals surface area contributed by atoms with Gasteiger partial charge in [-0.15, -0.1) is 0 Å². The zero-order valence-corrected chi connectivity index (χ0v) is 13.1. The number of hydrogen-bond donors (Lipinski definition) is 1. The number of methoxy groups -OCH3 is 1. The molecule has 114 valence electrons. The fourth-order valence-corrected chi connectivity index (χ4v) is 2.14. The highest BCUT2D eigenvalue weighted by atomic mass is 16.5. The number of benzene rings is 1. The van der Waals surface area contributed by atoms with E-state index < -0.39 is 0 Å². The molecular weight excluding hydrogens is 266 g/mol. The van der Waals surface area contributed by atoms with Gasteiger partial charge in [0.2, 0.25) is 0 Å². The number of aromatic nitrogens is 2. The minimum absolute atomic E-state index is 0.569. The predicted molar refractivity (Wildman–Crippen MR) is 83.6 cm³/mol. The standard InChI is InChI=1S/C16H23N3O2/c1-5-21-11-14-8-13(6-7-16(14)20-4)9-17-15-10-18-19(3)12(15)2/h6-8,10,17H,5,9,11H2,1-4H3. The summed E-state index contributed by atoms with van der Waals surface area (Å²) in [6, 6.07) is 6.17. The van der Waals surface area contributed by atoms with E-state index in [1.165, 1.54) is 5.56 Å². The summed E-state index contributed by atoms with van der Waals surface area (Å²) < 4.78 is 12.7. The van der Waals surface area contributed by atoms with Crippen molar-refractivity contribution in [3.05, 3.63) is 41.2 Å². The summed E-state index contributed by atoms with van der Waals surface area (Å²) in [7, 11) is 3.62. The Labute approximate surface area is 125 Å². The molecule has 0 aliphatic carbocycles. The van der Waals surface area contributed by atoms with Crippen molar-refractivity contribution in [2.75, 3.05) is 19.0 Å². The molecule has 1 aromatic heterocycles. The highest BCUT2D eigenvalue weighted by Crippen LogP contribution is 2.22. The fourth-order valence-electron chi connectivity index (χ4n) is 2.14. The van der Waals surface area contributed by atoms with Gasteiger partial charge in [-0.05, 0) is 31.5 Å². The summed E-state index contributed by atoms with van der Waals surface area (Å²) in [5, 5.41) is 7.63. The third-order valence-corrected chi connectivity index (χ3v) is 3.52. The van der Waals surface area contributed by atoms with Crippen molar-refractivity contribution in [2.45, 2.75) is 27.0 Å². The molecule has 0 bridgehead atoms. The van der Waals surface area contributed by atoms with E-state index in [0.29, 0.717) is 13.2 Å². The number of nitrogens with one attached hydrogen (secondary N) is 1. The summed E-state index contributed by atoms with van der Waals surface area (Å²) in [6.07, 6.45) is 1.85. The smallest absolute Gasteiger partial charge is 0.124 e. The Morgan fingerprint density at radius 1 is 1.33 bits per heavy atom. The van der Waals surface area contributed by atoms with Gasteiger partial charge in [-0.1, -0.05) is 6.07 Å². The topological polar surface area (TPSA) is 48.3 Å². The Balaban J connectivity index is 2.07. The summed E-state index contributed by atoms with van der Waals surface area (Å²) in [6.45, 7) is 6.04. The van der Waals surface area contributed by atoms with Crippen LogP contribution in [0.2, 0.25) is 0 Å². The van der Waals surface area contributed by atoms with E-state index in [1.54, 1.807) is 7.11 Å². The van der Waals surface area contributed by atoms with Crippen molar-refractivity contribution in [1.29, 1.82) is 0 Å². The van der Waals surface area contributed by atoms with Crippen molar-refractivity contribution in [2.24, 2.45) is 7.05 Å². The van der Waals surface area contributed by atoms with Crippen LogP contribution in [0.25, 0.3) is 0 Å². The molecule has 5 heteroatoms. The molecule has 0 amide bonds. The first-order valence-electron chi connectivity index (χ1n) is 7.11. The Hall–Kier alpha value is -2.01. The molecule has 5 nitrogen and oxygen atoms in total. The lowest BCUT2D eigenvalue weighted by Crippen LogP contribution is -2.03. The lowest BCUT2D eigenvalue weighted by atomic mass is 10.1.